The number of alkyl halides is 1. The Kier molecular flexibility index (Phi) is 2.38. The molecule has 15 heavy (non-hydrogen) atoms. The Labute approximate surface area is 87.6 Å². The summed E-state index contributed by atoms with van der Waals surface area (Å²) in [4.78, 5) is 0. The van der Waals surface area contributed by atoms with Crippen LogP contribution < -0.4 is 0 Å². The minimum Gasteiger partial charge on any atom is -0.394 e. The standard InChI is InChI=1S/C10H15FO4/c1-4-10(11)6(5-12)13-8-7(10)14-9(2,3)15-8/h4,6-8,12H,1,5H2,2-3H3/t6-,7+,8-,10+/m1/s1. The molecular weight excluding hydrogens is 203 g/mol. The van der Waals surface area contributed by atoms with Crippen molar-refractivity contribution in [3.63, 3.8) is 0 Å². The predicted molar refractivity (Wildman–Crippen MR) is 49.8 cm³/mol. The molecular formula is C10H15FO4. The number of fused-ring (bicyclic) bond motifs is 1. The smallest absolute Gasteiger partial charge is 0.191 e. The van der Waals surface area contributed by atoms with Crippen LogP contribution in [0.15, 0.2) is 12.7 Å². The van der Waals surface area contributed by atoms with Crippen molar-refractivity contribution in [2.45, 2.75) is 43.8 Å². The summed E-state index contributed by atoms with van der Waals surface area (Å²) in [6.45, 7) is 6.36. The molecule has 0 radical (unpaired) electrons. The molecule has 0 aromatic rings. The quantitative estimate of drug-likeness (QED) is 0.695. The molecule has 2 rings (SSSR count). The number of aliphatic hydroxyl groups excluding tert-OH is 1. The van der Waals surface area contributed by atoms with E-state index in [9.17, 15) is 4.39 Å². The monoisotopic (exact) mass is 218 g/mol. The highest BCUT2D eigenvalue weighted by Crippen LogP contribution is 2.45. The summed E-state index contributed by atoms with van der Waals surface area (Å²) in [5, 5.41) is 8.99. The summed E-state index contributed by atoms with van der Waals surface area (Å²) in [5.41, 5.74) is -1.90. The number of hydrogen-bond acceptors (Lipinski definition) is 4. The van der Waals surface area contributed by atoms with Gasteiger partial charge in [0.15, 0.2) is 23.8 Å². The Hall–Kier alpha value is -0.490. The van der Waals surface area contributed by atoms with E-state index in [4.69, 9.17) is 19.3 Å². The van der Waals surface area contributed by atoms with Crippen molar-refractivity contribution in [2.24, 2.45) is 0 Å². The molecule has 1 N–H and O–H groups in total. The molecule has 2 fully saturated rings. The molecule has 5 heteroatoms. The first-order chi connectivity index (χ1) is 6.93. The van der Waals surface area contributed by atoms with Crippen molar-refractivity contribution >= 4 is 0 Å². The van der Waals surface area contributed by atoms with E-state index < -0.39 is 36.6 Å². The Balaban J connectivity index is 2.25. The molecule has 86 valence electrons. The summed E-state index contributed by atoms with van der Waals surface area (Å²) < 4.78 is 30.4. The summed E-state index contributed by atoms with van der Waals surface area (Å²) in [7, 11) is 0. The van der Waals surface area contributed by atoms with E-state index in [1.165, 1.54) is 0 Å². The Morgan fingerprint density at radius 3 is 2.67 bits per heavy atom. The zero-order valence-corrected chi connectivity index (χ0v) is 8.77. The molecule has 4 atom stereocenters. The molecule has 0 bridgehead atoms. The van der Waals surface area contributed by atoms with Gasteiger partial charge in [0.05, 0.1) is 6.61 Å². The van der Waals surface area contributed by atoms with Crippen LogP contribution in [-0.4, -0.2) is 41.7 Å². The van der Waals surface area contributed by atoms with Crippen LogP contribution in [0, 0.1) is 0 Å². The van der Waals surface area contributed by atoms with Crippen molar-refractivity contribution in [3.05, 3.63) is 12.7 Å². The lowest BCUT2D eigenvalue weighted by molar-refractivity contribution is -0.220. The van der Waals surface area contributed by atoms with Crippen LogP contribution >= 0.6 is 0 Å². The van der Waals surface area contributed by atoms with E-state index in [1.807, 2.05) is 0 Å². The van der Waals surface area contributed by atoms with Gasteiger partial charge in [0.2, 0.25) is 0 Å². The molecule has 4 nitrogen and oxygen atoms in total. The van der Waals surface area contributed by atoms with E-state index in [0.29, 0.717) is 0 Å². The highest BCUT2D eigenvalue weighted by Gasteiger charge is 2.63. The van der Waals surface area contributed by atoms with Gasteiger partial charge in [-0.25, -0.2) is 4.39 Å². The van der Waals surface area contributed by atoms with E-state index in [0.717, 1.165) is 6.08 Å². The van der Waals surface area contributed by atoms with Crippen molar-refractivity contribution in [3.8, 4) is 0 Å². The lowest BCUT2D eigenvalue weighted by Gasteiger charge is -2.27. The third-order valence-electron chi connectivity index (χ3n) is 2.76. The first kappa shape index (κ1) is 11.0. The van der Waals surface area contributed by atoms with Crippen molar-refractivity contribution in [2.75, 3.05) is 6.61 Å². The van der Waals surface area contributed by atoms with Gasteiger partial charge in [-0.15, -0.1) is 0 Å². The van der Waals surface area contributed by atoms with Crippen LogP contribution in [-0.2, 0) is 14.2 Å². The van der Waals surface area contributed by atoms with Gasteiger partial charge in [-0.05, 0) is 19.9 Å². The zero-order chi connectivity index (χ0) is 11.3. The maximum absolute atomic E-state index is 14.4. The molecule has 2 heterocycles. The van der Waals surface area contributed by atoms with Crippen LogP contribution in [0.5, 0.6) is 0 Å². The molecule has 2 aliphatic heterocycles. The molecule has 0 unspecified atom stereocenters. The number of ether oxygens (including phenoxy) is 3. The average molecular weight is 218 g/mol. The predicted octanol–water partition coefficient (Wildman–Crippen LogP) is 0.749. The van der Waals surface area contributed by atoms with Crippen LogP contribution in [0.1, 0.15) is 13.8 Å². The second kappa shape index (κ2) is 3.25. The third kappa shape index (κ3) is 1.50. The lowest BCUT2D eigenvalue weighted by atomic mass is 9.95. The van der Waals surface area contributed by atoms with Gasteiger partial charge >= 0.3 is 0 Å². The fourth-order valence-electron chi connectivity index (χ4n) is 2.01. The van der Waals surface area contributed by atoms with Crippen molar-refractivity contribution in [1.29, 1.82) is 0 Å². The zero-order valence-electron chi connectivity index (χ0n) is 8.77. The fraction of sp³-hybridized carbons (Fsp3) is 0.800. The van der Waals surface area contributed by atoms with E-state index >= 15 is 0 Å². The summed E-state index contributed by atoms with van der Waals surface area (Å²) >= 11 is 0. The van der Waals surface area contributed by atoms with Gasteiger partial charge in [-0.2, -0.15) is 0 Å². The second-order valence-corrected chi connectivity index (χ2v) is 4.26. The van der Waals surface area contributed by atoms with E-state index in [2.05, 4.69) is 6.58 Å². The van der Waals surface area contributed by atoms with Gasteiger partial charge < -0.3 is 19.3 Å². The first-order valence-corrected chi connectivity index (χ1v) is 4.87. The molecule has 2 saturated heterocycles. The Morgan fingerprint density at radius 1 is 1.47 bits per heavy atom. The first-order valence-electron chi connectivity index (χ1n) is 4.87. The highest BCUT2D eigenvalue weighted by molar-refractivity contribution is 5.14. The Morgan fingerprint density at radius 2 is 2.13 bits per heavy atom. The second-order valence-electron chi connectivity index (χ2n) is 4.26. The SMILES string of the molecule is C=C[C@]1(F)[C@@H](CO)O[C@@H]2OC(C)(C)O[C@@H]21. The van der Waals surface area contributed by atoms with Crippen LogP contribution in [0.2, 0.25) is 0 Å². The number of rotatable bonds is 2. The maximum Gasteiger partial charge on any atom is 0.191 e. The summed E-state index contributed by atoms with van der Waals surface area (Å²) in [6, 6.07) is 0. The number of halogens is 1. The summed E-state index contributed by atoms with van der Waals surface area (Å²) in [6.07, 6.45) is -1.49. The summed E-state index contributed by atoms with van der Waals surface area (Å²) in [5.74, 6) is -0.865. The van der Waals surface area contributed by atoms with E-state index in [-0.39, 0.29) is 0 Å². The van der Waals surface area contributed by atoms with Gasteiger partial charge in [0, 0.05) is 0 Å². The molecule has 0 aromatic heterocycles. The van der Waals surface area contributed by atoms with Crippen molar-refractivity contribution < 1.29 is 23.7 Å². The number of hydrogen-bond donors (Lipinski definition) is 1. The molecule has 0 spiro atoms. The average Bonchev–Trinajstić information content (AvgIpc) is 2.60. The molecule has 2 aliphatic rings. The van der Waals surface area contributed by atoms with Gasteiger partial charge in [-0.1, -0.05) is 6.58 Å². The van der Waals surface area contributed by atoms with E-state index in [1.54, 1.807) is 13.8 Å². The van der Waals surface area contributed by atoms with Crippen LogP contribution in [0.3, 0.4) is 0 Å². The van der Waals surface area contributed by atoms with Crippen LogP contribution in [0.25, 0.3) is 0 Å². The Bertz CT molecular complexity index is 281. The minimum atomic E-state index is -1.90. The fourth-order valence-corrected chi connectivity index (χ4v) is 2.01. The van der Waals surface area contributed by atoms with Crippen LogP contribution in [0.4, 0.5) is 4.39 Å². The molecule has 0 aliphatic carbocycles. The molecule has 0 saturated carbocycles. The molecule has 0 amide bonds. The lowest BCUT2D eigenvalue weighted by Crippen LogP contribution is -2.44. The third-order valence-corrected chi connectivity index (χ3v) is 2.76. The maximum atomic E-state index is 14.4. The normalized spacial score (nSPS) is 47.9. The van der Waals surface area contributed by atoms with Crippen molar-refractivity contribution in [1.82, 2.24) is 0 Å². The topological polar surface area (TPSA) is 47.9 Å². The van der Waals surface area contributed by atoms with Gasteiger partial charge in [0.1, 0.15) is 6.10 Å². The molecule has 0 aromatic carbocycles. The van der Waals surface area contributed by atoms with Gasteiger partial charge in [0.25, 0.3) is 0 Å². The van der Waals surface area contributed by atoms with Gasteiger partial charge in [-0.3, -0.25) is 0 Å². The number of aliphatic hydroxyl groups is 1. The minimum absolute atomic E-state index is 0.428. The highest BCUT2D eigenvalue weighted by atomic mass is 19.1. The largest absolute Gasteiger partial charge is 0.394 e.